The highest BCUT2D eigenvalue weighted by atomic mass is 32.1. The highest BCUT2D eigenvalue weighted by Crippen LogP contribution is 2.22. The minimum Gasteiger partial charge on any atom is -0.361 e. The summed E-state index contributed by atoms with van der Waals surface area (Å²) >= 11 is 1.68. The highest BCUT2D eigenvalue weighted by molar-refractivity contribution is 7.11. The molecule has 0 aliphatic rings. The van der Waals surface area contributed by atoms with Gasteiger partial charge in [-0.25, -0.2) is 9.97 Å². The number of thiazole rings is 1. The summed E-state index contributed by atoms with van der Waals surface area (Å²) in [7, 11) is 0. The van der Waals surface area contributed by atoms with Crippen LogP contribution in [-0.4, -0.2) is 15.0 Å². The third kappa shape index (κ3) is 2.91. The lowest BCUT2D eigenvalue weighted by atomic mass is 10.3. The Labute approximate surface area is 103 Å². The van der Waals surface area contributed by atoms with Crippen molar-refractivity contribution in [1.82, 2.24) is 15.0 Å². The molecule has 0 radical (unpaired) electrons. The minimum atomic E-state index is -0.164. The lowest BCUT2D eigenvalue weighted by Crippen LogP contribution is -2.12. The molecule has 17 heavy (non-hydrogen) atoms. The summed E-state index contributed by atoms with van der Waals surface area (Å²) in [5.74, 6) is 0.564. The molecule has 90 valence electrons. The summed E-state index contributed by atoms with van der Waals surface area (Å²) in [5, 5.41) is 4.16. The van der Waals surface area contributed by atoms with Gasteiger partial charge in [-0.15, -0.1) is 11.3 Å². The molecule has 2 aromatic heterocycles. The van der Waals surface area contributed by atoms with Gasteiger partial charge in [-0.1, -0.05) is 6.92 Å². The quantitative estimate of drug-likeness (QED) is 0.870. The highest BCUT2D eigenvalue weighted by Gasteiger charge is 2.10. The van der Waals surface area contributed by atoms with E-state index in [2.05, 4.69) is 27.2 Å². The van der Waals surface area contributed by atoms with Crippen molar-refractivity contribution >= 4 is 17.2 Å². The van der Waals surface area contributed by atoms with E-state index in [1.54, 1.807) is 11.3 Å². The van der Waals surface area contributed by atoms with E-state index in [1.807, 2.05) is 13.1 Å². The van der Waals surface area contributed by atoms with Gasteiger partial charge in [0.25, 0.3) is 5.56 Å². The molecule has 2 heterocycles. The number of aromatic nitrogens is 3. The summed E-state index contributed by atoms with van der Waals surface area (Å²) in [6, 6.07) is 1.49. The van der Waals surface area contributed by atoms with Gasteiger partial charge in [0.15, 0.2) is 0 Å². The second kappa shape index (κ2) is 5.09. The molecule has 0 saturated carbocycles. The second-order valence-electron chi connectivity index (χ2n) is 3.68. The summed E-state index contributed by atoms with van der Waals surface area (Å²) in [6.07, 6.45) is 4.27. The first-order valence-corrected chi connectivity index (χ1v) is 6.26. The second-order valence-corrected chi connectivity index (χ2v) is 4.83. The van der Waals surface area contributed by atoms with Gasteiger partial charge in [-0.05, 0) is 13.3 Å². The zero-order chi connectivity index (χ0) is 12.3. The first-order valence-electron chi connectivity index (χ1n) is 5.45. The molecule has 1 unspecified atom stereocenters. The third-order valence-electron chi connectivity index (χ3n) is 2.33. The number of hydrogen-bond acceptors (Lipinski definition) is 5. The van der Waals surface area contributed by atoms with E-state index in [0.717, 1.165) is 11.4 Å². The zero-order valence-corrected chi connectivity index (χ0v) is 10.5. The van der Waals surface area contributed by atoms with Crippen LogP contribution >= 0.6 is 11.3 Å². The average molecular weight is 250 g/mol. The molecule has 0 aliphatic heterocycles. The van der Waals surface area contributed by atoms with Crippen LogP contribution in [0.3, 0.4) is 0 Å². The van der Waals surface area contributed by atoms with Crippen LogP contribution in [0.25, 0.3) is 0 Å². The molecule has 0 amide bonds. The summed E-state index contributed by atoms with van der Waals surface area (Å²) in [6.45, 7) is 4.11. The number of H-pyrrole nitrogens is 1. The predicted molar refractivity (Wildman–Crippen MR) is 68.4 cm³/mol. The van der Waals surface area contributed by atoms with E-state index >= 15 is 0 Å². The van der Waals surface area contributed by atoms with Crippen LogP contribution in [0.1, 0.15) is 29.8 Å². The Balaban J connectivity index is 2.11. The summed E-state index contributed by atoms with van der Waals surface area (Å²) in [5.41, 5.74) is -0.164. The Kier molecular flexibility index (Phi) is 3.53. The number of anilines is 1. The lowest BCUT2D eigenvalue weighted by Gasteiger charge is -2.10. The van der Waals surface area contributed by atoms with Gasteiger partial charge < -0.3 is 10.3 Å². The molecule has 2 N–H and O–H groups in total. The Morgan fingerprint density at radius 1 is 1.53 bits per heavy atom. The van der Waals surface area contributed by atoms with Crippen LogP contribution in [0.15, 0.2) is 23.4 Å². The predicted octanol–water partition coefficient (Wildman–Crippen LogP) is 1.96. The standard InChI is InChI=1S/C11H14N4OS/c1-3-8-5-12-11(17-8)7(2)15-9-4-10(16)14-6-13-9/h4-7H,3H2,1-2H3,(H2,13,14,15,16). The monoisotopic (exact) mass is 250 g/mol. The van der Waals surface area contributed by atoms with Crippen LogP contribution in [0.5, 0.6) is 0 Å². The fourth-order valence-corrected chi connectivity index (χ4v) is 2.28. The lowest BCUT2D eigenvalue weighted by molar-refractivity contribution is 0.857. The Bertz CT molecular complexity index is 548. The molecule has 0 spiro atoms. The minimum absolute atomic E-state index is 0.0506. The summed E-state index contributed by atoms with van der Waals surface area (Å²) in [4.78, 5) is 23.2. The first kappa shape index (κ1) is 11.8. The largest absolute Gasteiger partial charge is 0.361 e. The number of nitrogens with zero attached hydrogens (tertiary/aromatic N) is 2. The topological polar surface area (TPSA) is 70.7 Å². The van der Waals surface area contributed by atoms with Crippen molar-refractivity contribution < 1.29 is 0 Å². The fourth-order valence-electron chi connectivity index (χ4n) is 1.42. The number of nitrogens with one attached hydrogen (secondary N) is 2. The molecule has 1 atom stereocenters. The average Bonchev–Trinajstić information content (AvgIpc) is 2.77. The Morgan fingerprint density at radius 3 is 3.00 bits per heavy atom. The smallest absolute Gasteiger partial charge is 0.252 e. The van der Waals surface area contributed by atoms with Crippen molar-refractivity contribution in [3.8, 4) is 0 Å². The maximum Gasteiger partial charge on any atom is 0.252 e. The van der Waals surface area contributed by atoms with Crippen molar-refractivity contribution in [2.75, 3.05) is 5.32 Å². The molecule has 2 aromatic rings. The number of hydrogen-bond donors (Lipinski definition) is 2. The van der Waals surface area contributed by atoms with Crippen LogP contribution in [0.4, 0.5) is 5.82 Å². The van der Waals surface area contributed by atoms with Gasteiger partial charge in [0.1, 0.15) is 10.8 Å². The molecule has 0 aliphatic carbocycles. The van der Waals surface area contributed by atoms with Gasteiger partial charge in [0, 0.05) is 17.1 Å². The molecular formula is C11H14N4OS. The van der Waals surface area contributed by atoms with Gasteiger partial charge in [-0.2, -0.15) is 0 Å². The van der Waals surface area contributed by atoms with Gasteiger partial charge in [0.2, 0.25) is 0 Å². The van der Waals surface area contributed by atoms with Crippen molar-refractivity contribution in [3.63, 3.8) is 0 Å². The van der Waals surface area contributed by atoms with E-state index in [1.165, 1.54) is 17.3 Å². The van der Waals surface area contributed by atoms with E-state index in [4.69, 9.17) is 0 Å². The molecule has 0 fully saturated rings. The molecule has 0 bridgehead atoms. The molecule has 0 aromatic carbocycles. The van der Waals surface area contributed by atoms with Crippen LogP contribution in [-0.2, 0) is 6.42 Å². The van der Waals surface area contributed by atoms with Crippen molar-refractivity contribution in [2.24, 2.45) is 0 Å². The Morgan fingerprint density at radius 2 is 2.35 bits per heavy atom. The number of rotatable bonds is 4. The van der Waals surface area contributed by atoms with E-state index in [9.17, 15) is 4.79 Å². The molecule has 6 heteroatoms. The SMILES string of the molecule is CCc1cnc(C(C)Nc2cc(=O)[nH]cn2)s1. The van der Waals surface area contributed by atoms with Gasteiger partial charge >= 0.3 is 0 Å². The van der Waals surface area contributed by atoms with E-state index in [0.29, 0.717) is 5.82 Å². The molecule has 0 saturated heterocycles. The number of aromatic amines is 1. The van der Waals surface area contributed by atoms with Crippen molar-refractivity contribution in [1.29, 1.82) is 0 Å². The maximum absolute atomic E-state index is 11.1. The number of aryl methyl sites for hydroxylation is 1. The normalized spacial score (nSPS) is 12.4. The summed E-state index contributed by atoms with van der Waals surface area (Å²) < 4.78 is 0. The van der Waals surface area contributed by atoms with Gasteiger partial charge in [0.05, 0.1) is 12.4 Å². The third-order valence-corrected chi connectivity index (χ3v) is 3.66. The van der Waals surface area contributed by atoms with Crippen LogP contribution in [0.2, 0.25) is 0 Å². The van der Waals surface area contributed by atoms with Gasteiger partial charge in [-0.3, -0.25) is 4.79 Å². The van der Waals surface area contributed by atoms with E-state index < -0.39 is 0 Å². The first-order chi connectivity index (χ1) is 8.19. The zero-order valence-electron chi connectivity index (χ0n) is 9.73. The molecule has 5 nitrogen and oxygen atoms in total. The van der Waals surface area contributed by atoms with Crippen LogP contribution in [0, 0.1) is 0 Å². The molecule has 2 rings (SSSR count). The van der Waals surface area contributed by atoms with Crippen molar-refractivity contribution in [2.45, 2.75) is 26.3 Å². The maximum atomic E-state index is 11.1. The molecular weight excluding hydrogens is 236 g/mol. The Hall–Kier alpha value is -1.69. The van der Waals surface area contributed by atoms with E-state index in [-0.39, 0.29) is 11.6 Å². The fraction of sp³-hybridized carbons (Fsp3) is 0.364. The van der Waals surface area contributed by atoms with Crippen LogP contribution < -0.4 is 10.9 Å². The van der Waals surface area contributed by atoms with Crippen molar-refractivity contribution in [3.05, 3.63) is 38.8 Å².